The first-order chi connectivity index (χ1) is 13.4. The predicted octanol–water partition coefficient (Wildman–Crippen LogP) is 3.31. The SMILES string of the molecule is c1ccc(CCc2nnc3c4cnn(Cc5ccccc5)c4ncn23)cc1. The summed E-state index contributed by atoms with van der Waals surface area (Å²) >= 11 is 0. The maximum Gasteiger partial charge on any atom is 0.174 e. The summed E-state index contributed by atoms with van der Waals surface area (Å²) in [6.07, 6.45) is 5.38. The van der Waals surface area contributed by atoms with Crippen LogP contribution in [0.3, 0.4) is 0 Å². The third kappa shape index (κ3) is 2.95. The zero-order valence-electron chi connectivity index (χ0n) is 14.7. The molecule has 0 N–H and O–H groups in total. The van der Waals surface area contributed by atoms with E-state index in [1.54, 1.807) is 6.33 Å². The highest BCUT2D eigenvalue weighted by atomic mass is 15.3. The molecule has 3 heterocycles. The molecule has 0 atom stereocenters. The summed E-state index contributed by atoms with van der Waals surface area (Å²) in [4.78, 5) is 4.64. The molecule has 0 unspecified atom stereocenters. The number of aryl methyl sites for hydroxylation is 2. The lowest BCUT2D eigenvalue weighted by Gasteiger charge is -2.04. The zero-order chi connectivity index (χ0) is 18.1. The van der Waals surface area contributed by atoms with E-state index in [2.05, 4.69) is 56.7 Å². The molecule has 0 spiro atoms. The Bertz CT molecular complexity index is 1190. The molecule has 0 fully saturated rings. The number of fused-ring (bicyclic) bond motifs is 3. The van der Waals surface area contributed by atoms with Crippen molar-refractivity contribution in [1.29, 1.82) is 0 Å². The lowest BCUT2D eigenvalue weighted by molar-refractivity contribution is 0.703. The van der Waals surface area contributed by atoms with Crippen LogP contribution in [0.2, 0.25) is 0 Å². The zero-order valence-corrected chi connectivity index (χ0v) is 14.7. The molecule has 0 saturated heterocycles. The third-order valence-electron chi connectivity index (χ3n) is 4.77. The van der Waals surface area contributed by atoms with Crippen molar-refractivity contribution in [2.45, 2.75) is 19.4 Å². The molecule has 5 rings (SSSR count). The fourth-order valence-corrected chi connectivity index (χ4v) is 3.36. The highest BCUT2D eigenvalue weighted by Crippen LogP contribution is 2.18. The summed E-state index contributed by atoms with van der Waals surface area (Å²) in [5.74, 6) is 0.916. The van der Waals surface area contributed by atoms with E-state index in [9.17, 15) is 0 Å². The first-order valence-electron chi connectivity index (χ1n) is 9.00. The van der Waals surface area contributed by atoms with Crippen molar-refractivity contribution >= 4 is 16.7 Å². The molecule has 27 heavy (non-hydrogen) atoms. The summed E-state index contributed by atoms with van der Waals surface area (Å²) < 4.78 is 3.88. The number of hydrogen-bond acceptors (Lipinski definition) is 4. The van der Waals surface area contributed by atoms with E-state index in [1.807, 2.05) is 39.5 Å². The van der Waals surface area contributed by atoms with Gasteiger partial charge in [0, 0.05) is 6.42 Å². The second kappa shape index (κ2) is 6.64. The number of aromatic nitrogens is 6. The van der Waals surface area contributed by atoms with Gasteiger partial charge in [0.2, 0.25) is 0 Å². The molecule has 0 aliphatic rings. The highest BCUT2D eigenvalue weighted by Gasteiger charge is 2.13. The van der Waals surface area contributed by atoms with Crippen LogP contribution in [0.5, 0.6) is 0 Å². The Balaban J connectivity index is 1.46. The second-order valence-electron chi connectivity index (χ2n) is 6.57. The first kappa shape index (κ1) is 15.7. The van der Waals surface area contributed by atoms with Crippen LogP contribution >= 0.6 is 0 Å². The van der Waals surface area contributed by atoms with Gasteiger partial charge in [0.15, 0.2) is 11.3 Å². The molecule has 132 valence electrons. The van der Waals surface area contributed by atoms with Crippen LogP contribution in [0.4, 0.5) is 0 Å². The van der Waals surface area contributed by atoms with Gasteiger partial charge in [0.1, 0.15) is 12.2 Å². The summed E-state index contributed by atoms with van der Waals surface area (Å²) in [5, 5.41) is 14.2. The van der Waals surface area contributed by atoms with Gasteiger partial charge in [-0.2, -0.15) is 5.10 Å². The highest BCUT2D eigenvalue weighted by molar-refractivity contribution is 5.88. The maximum atomic E-state index is 4.64. The summed E-state index contributed by atoms with van der Waals surface area (Å²) in [5.41, 5.74) is 4.11. The quantitative estimate of drug-likeness (QED) is 0.486. The summed E-state index contributed by atoms with van der Waals surface area (Å²) in [6.45, 7) is 0.683. The van der Waals surface area contributed by atoms with Crippen molar-refractivity contribution in [2.24, 2.45) is 0 Å². The number of hydrogen-bond donors (Lipinski definition) is 0. The molecule has 0 saturated carbocycles. The van der Waals surface area contributed by atoms with E-state index in [0.29, 0.717) is 6.54 Å². The van der Waals surface area contributed by atoms with Crippen molar-refractivity contribution in [3.05, 3.63) is 90.1 Å². The van der Waals surface area contributed by atoms with Gasteiger partial charge >= 0.3 is 0 Å². The van der Waals surface area contributed by atoms with Crippen molar-refractivity contribution < 1.29 is 0 Å². The minimum atomic E-state index is 0.683. The molecule has 0 bridgehead atoms. The van der Waals surface area contributed by atoms with Crippen molar-refractivity contribution in [3.63, 3.8) is 0 Å². The van der Waals surface area contributed by atoms with Crippen LogP contribution in [0.1, 0.15) is 17.0 Å². The van der Waals surface area contributed by atoms with Crippen molar-refractivity contribution in [3.8, 4) is 0 Å². The average Bonchev–Trinajstić information content (AvgIpc) is 3.32. The predicted molar refractivity (Wildman–Crippen MR) is 103 cm³/mol. The molecule has 0 aliphatic heterocycles. The van der Waals surface area contributed by atoms with Crippen LogP contribution in [-0.4, -0.2) is 29.4 Å². The van der Waals surface area contributed by atoms with Crippen LogP contribution in [-0.2, 0) is 19.4 Å². The van der Waals surface area contributed by atoms with Gasteiger partial charge in [-0.3, -0.25) is 4.40 Å². The van der Waals surface area contributed by atoms with Gasteiger partial charge in [-0.15, -0.1) is 10.2 Å². The standard InChI is InChI=1S/C21H18N6/c1-3-7-16(8-4-1)11-12-19-24-25-21-18-13-23-27(20(18)22-15-26(19)21)14-17-9-5-2-6-10-17/h1-10,13,15H,11-12,14H2. The van der Waals surface area contributed by atoms with Gasteiger partial charge < -0.3 is 0 Å². The topological polar surface area (TPSA) is 60.9 Å². The summed E-state index contributed by atoms with van der Waals surface area (Å²) in [6, 6.07) is 20.7. The Kier molecular flexibility index (Phi) is 3.86. The Hall–Kier alpha value is -3.54. The molecule has 6 nitrogen and oxygen atoms in total. The number of benzene rings is 2. The molecule has 2 aromatic carbocycles. The molecule has 0 amide bonds. The van der Waals surface area contributed by atoms with Gasteiger partial charge in [0.25, 0.3) is 0 Å². The Morgan fingerprint density at radius 1 is 0.741 bits per heavy atom. The minimum Gasteiger partial charge on any atom is -0.269 e. The van der Waals surface area contributed by atoms with Gasteiger partial charge in [-0.05, 0) is 17.5 Å². The van der Waals surface area contributed by atoms with Crippen LogP contribution in [0, 0.1) is 0 Å². The fraction of sp³-hybridized carbons (Fsp3) is 0.143. The van der Waals surface area contributed by atoms with E-state index in [1.165, 1.54) is 11.1 Å². The van der Waals surface area contributed by atoms with Crippen LogP contribution in [0.15, 0.2) is 73.2 Å². The molecule has 0 radical (unpaired) electrons. The van der Waals surface area contributed by atoms with E-state index in [4.69, 9.17) is 0 Å². The van der Waals surface area contributed by atoms with Crippen molar-refractivity contribution in [1.82, 2.24) is 29.4 Å². The molecular formula is C21H18N6. The molecule has 6 heteroatoms. The van der Waals surface area contributed by atoms with Gasteiger partial charge in [-0.1, -0.05) is 60.7 Å². The lowest BCUT2D eigenvalue weighted by atomic mass is 10.1. The lowest BCUT2D eigenvalue weighted by Crippen LogP contribution is -2.03. The number of nitrogens with zero attached hydrogens (tertiary/aromatic N) is 6. The Morgan fingerprint density at radius 2 is 1.48 bits per heavy atom. The van der Waals surface area contributed by atoms with E-state index < -0.39 is 0 Å². The molecular weight excluding hydrogens is 336 g/mol. The van der Waals surface area contributed by atoms with E-state index in [0.717, 1.165) is 35.3 Å². The third-order valence-corrected chi connectivity index (χ3v) is 4.77. The minimum absolute atomic E-state index is 0.683. The largest absolute Gasteiger partial charge is 0.269 e. The van der Waals surface area contributed by atoms with Gasteiger partial charge in [0.05, 0.1) is 18.1 Å². The number of rotatable bonds is 5. The van der Waals surface area contributed by atoms with E-state index in [-0.39, 0.29) is 0 Å². The van der Waals surface area contributed by atoms with Crippen molar-refractivity contribution in [2.75, 3.05) is 0 Å². The van der Waals surface area contributed by atoms with Gasteiger partial charge in [-0.25, -0.2) is 9.67 Å². The smallest absolute Gasteiger partial charge is 0.174 e. The molecule has 5 aromatic rings. The van der Waals surface area contributed by atoms with Crippen LogP contribution < -0.4 is 0 Å². The summed E-state index contributed by atoms with van der Waals surface area (Å²) in [7, 11) is 0. The average molecular weight is 354 g/mol. The maximum absolute atomic E-state index is 4.64. The Morgan fingerprint density at radius 3 is 2.26 bits per heavy atom. The monoisotopic (exact) mass is 354 g/mol. The normalized spacial score (nSPS) is 11.4. The first-order valence-corrected chi connectivity index (χ1v) is 9.00. The second-order valence-corrected chi connectivity index (χ2v) is 6.57. The molecule has 3 aromatic heterocycles. The fourth-order valence-electron chi connectivity index (χ4n) is 3.36. The van der Waals surface area contributed by atoms with E-state index >= 15 is 0 Å². The van der Waals surface area contributed by atoms with Crippen LogP contribution in [0.25, 0.3) is 16.7 Å². The Labute approximate surface area is 156 Å². The molecule has 0 aliphatic carbocycles.